The predicted octanol–water partition coefficient (Wildman–Crippen LogP) is 2.07. The number of sulfone groups is 1. The number of piperidine rings is 1. The number of likely N-dealkylation sites (tertiary alicyclic amines) is 1. The first-order valence-corrected chi connectivity index (χ1v) is 9.68. The van der Waals surface area contributed by atoms with Crippen molar-refractivity contribution in [1.29, 1.82) is 0 Å². The number of nitrogens with two attached hydrogens (primary N) is 1. The van der Waals surface area contributed by atoms with Crippen LogP contribution in [0.4, 0.5) is 0 Å². The molecule has 2 atom stereocenters. The molecule has 1 fully saturated rings. The maximum Gasteiger partial charge on any atom is 0.254 e. The monoisotopic (exact) mass is 338 g/mol. The molecule has 0 saturated carbocycles. The van der Waals surface area contributed by atoms with Crippen LogP contribution in [0.1, 0.15) is 44.0 Å². The highest BCUT2D eigenvalue weighted by molar-refractivity contribution is 7.92. The summed E-state index contributed by atoms with van der Waals surface area (Å²) in [7, 11) is -3.31. The van der Waals surface area contributed by atoms with E-state index in [-0.39, 0.29) is 16.8 Å². The Labute approximate surface area is 138 Å². The van der Waals surface area contributed by atoms with Crippen LogP contribution in [0.5, 0.6) is 0 Å². The van der Waals surface area contributed by atoms with Gasteiger partial charge in [0.25, 0.3) is 5.91 Å². The average molecular weight is 338 g/mol. The van der Waals surface area contributed by atoms with E-state index < -0.39 is 15.1 Å². The highest BCUT2D eigenvalue weighted by Gasteiger charge is 2.31. The van der Waals surface area contributed by atoms with E-state index >= 15 is 0 Å². The van der Waals surface area contributed by atoms with Crippen molar-refractivity contribution in [3.05, 3.63) is 29.8 Å². The van der Waals surface area contributed by atoms with E-state index in [4.69, 9.17) is 5.73 Å². The fourth-order valence-corrected chi connectivity index (χ4v) is 4.15. The third-order valence-electron chi connectivity index (χ3n) is 4.67. The zero-order chi connectivity index (χ0) is 17.2. The van der Waals surface area contributed by atoms with Gasteiger partial charge in [0.15, 0.2) is 9.84 Å². The molecule has 0 unspecified atom stereocenters. The van der Waals surface area contributed by atoms with Gasteiger partial charge >= 0.3 is 0 Å². The molecule has 2 rings (SSSR count). The van der Waals surface area contributed by atoms with Crippen LogP contribution in [-0.2, 0) is 9.84 Å². The van der Waals surface area contributed by atoms with Crippen molar-refractivity contribution in [1.82, 2.24) is 4.90 Å². The van der Waals surface area contributed by atoms with Gasteiger partial charge in [-0.2, -0.15) is 0 Å². The molecule has 0 bridgehead atoms. The Morgan fingerprint density at radius 3 is 2.43 bits per heavy atom. The molecule has 6 heteroatoms. The van der Waals surface area contributed by atoms with Gasteiger partial charge in [0.1, 0.15) is 0 Å². The van der Waals surface area contributed by atoms with E-state index in [9.17, 15) is 13.2 Å². The Kier molecular flexibility index (Phi) is 5.47. The fraction of sp³-hybridized carbons (Fsp3) is 0.588. The summed E-state index contributed by atoms with van der Waals surface area (Å²) in [5, 5.41) is -0.478. The Morgan fingerprint density at radius 1 is 1.30 bits per heavy atom. The number of hydrogen-bond donors (Lipinski definition) is 1. The van der Waals surface area contributed by atoms with Crippen molar-refractivity contribution in [2.45, 2.75) is 49.8 Å². The molecular formula is C17H26N2O3S. The van der Waals surface area contributed by atoms with E-state index in [2.05, 4.69) is 6.92 Å². The summed E-state index contributed by atoms with van der Waals surface area (Å²) < 4.78 is 24.3. The maximum atomic E-state index is 12.7. The van der Waals surface area contributed by atoms with Crippen LogP contribution in [0.2, 0.25) is 0 Å². The van der Waals surface area contributed by atoms with Gasteiger partial charge in [-0.05, 0) is 56.9 Å². The normalized spacial score (nSPS) is 22.4. The van der Waals surface area contributed by atoms with E-state index in [1.165, 1.54) is 12.1 Å². The number of carbonyl (C=O) groups is 1. The van der Waals surface area contributed by atoms with Gasteiger partial charge in [-0.25, -0.2) is 8.42 Å². The van der Waals surface area contributed by atoms with Crippen molar-refractivity contribution >= 4 is 15.7 Å². The van der Waals surface area contributed by atoms with Gasteiger partial charge in [-0.1, -0.05) is 6.92 Å². The van der Waals surface area contributed by atoms with Crippen LogP contribution in [0, 0.1) is 5.92 Å². The van der Waals surface area contributed by atoms with E-state index in [0.29, 0.717) is 24.6 Å². The number of carbonyl (C=O) groups excluding carboxylic acids is 1. The second-order valence-corrected chi connectivity index (χ2v) is 9.04. The minimum atomic E-state index is -3.31. The highest BCUT2D eigenvalue weighted by atomic mass is 32.2. The van der Waals surface area contributed by atoms with Crippen molar-refractivity contribution in [2.24, 2.45) is 11.7 Å². The van der Waals surface area contributed by atoms with Crippen LogP contribution in [-0.4, -0.2) is 43.6 Å². The van der Waals surface area contributed by atoms with Crippen molar-refractivity contribution < 1.29 is 13.2 Å². The lowest BCUT2D eigenvalue weighted by Crippen LogP contribution is -2.51. The Hall–Kier alpha value is -1.40. The average Bonchev–Trinajstić information content (AvgIpc) is 2.53. The summed E-state index contributed by atoms with van der Waals surface area (Å²) in [6.07, 6.45) is 2.06. The van der Waals surface area contributed by atoms with Crippen molar-refractivity contribution in [3.8, 4) is 0 Å². The van der Waals surface area contributed by atoms with Crippen molar-refractivity contribution in [3.63, 3.8) is 0 Å². The first-order chi connectivity index (χ1) is 10.8. The lowest BCUT2D eigenvalue weighted by molar-refractivity contribution is 0.0532. The number of rotatable bonds is 4. The van der Waals surface area contributed by atoms with Crippen LogP contribution in [0.15, 0.2) is 29.2 Å². The number of amides is 1. The van der Waals surface area contributed by atoms with Crippen LogP contribution >= 0.6 is 0 Å². The summed E-state index contributed by atoms with van der Waals surface area (Å²) in [5.41, 5.74) is 6.36. The Morgan fingerprint density at radius 2 is 1.91 bits per heavy atom. The van der Waals surface area contributed by atoms with Crippen molar-refractivity contribution in [2.75, 3.05) is 13.1 Å². The van der Waals surface area contributed by atoms with Gasteiger partial charge in [-0.15, -0.1) is 0 Å². The summed E-state index contributed by atoms with van der Waals surface area (Å²) in [6, 6.07) is 6.30. The quantitative estimate of drug-likeness (QED) is 0.911. The molecule has 2 N–H and O–H groups in total. The standard InChI is InChI=1S/C17H26N2O3S/c1-12(2)23(21,22)15-8-6-14(7-9-15)17(20)19-10-4-5-13(3)16(19)11-18/h6-9,12-13,16H,4-5,10-11,18H2,1-3H3/t13-,16+/m1/s1. The van der Waals surface area contributed by atoms with Gasteiger partial charge in [0.05, 0.1) is 10.1 Å². The number of nitrogens with zero attached hydrogens (tertiary/aromatic N) is 1. The SMILES string of the molecule is CC(C)S(=O)(=O)c1ccc(C(=O)N2CCC[C@@H](C)[C@@H]2CN)cc1. The third-order valence-corrected chi connectivity index (χ3v) is 6.84. The first kappa shape index (κ1) is 17.9. The van der Waals surface area contributed by atoms with E-state index in [0.717, 1.165) is 12.8 Å². The molecule has 1 aliphatic rings. The lowest BCUT2D eigenvalue weighted by atomic mass is 9.90. The Bertz CT molecular complexity index is 653. The minimum Gasteiger partial charge on any atom is -0.334 e. The molecule has 0 aliphatic carbocycles. The minimum absolute atomic E-state index is 0.0512. The third kappa shape index (κ3) is 3.58. The van der Waals surface area contributed by atoms with Crippen LogP contribution in [0.3, 0.4) is 0 Å². The molecule has 128 valence electrons. The molecule has 5 nitrogen and oxygen atoms in total. The zero-order valence-corrected chi connectivity index (χ0v) is 14.8. The van der Waals surface area contributed by atoms with Crippen LogP contribution in [0.25, 0.3) is 0 Å². The molecule has 0 spiro atoms. The molecular weight excluding hydrogens is 312 g/mol. The Balaban J connectivity index is 2.24. The first-order valence-electron chi connectivity index (χ1n) is 8.14. The summed E-state index contributed by atoms with van der Waals surface area (Å²) in [5.74, 6) is 0.318. The van der Waals surface area contributed by atoms with Gasteiger partial charge in [0, 0.05) is 24.7 Å². The molecule has 0 radical (unpaired) electrons. The van der Waals surface area contributed by atoms with Gasteiger partial charge in [0.2, 0.25) is 0 Å². The molecule has 1 aliphatic heterocycles. The number of benzene rings is 1. The smallest absolute Gasteiger partial charge is 0.254 e. The zero-order valence-electron chi connectivity index (χ0n) is 14.0. The molecule has 23 heavy (non-hydrogen) atoms. The second-order valence-electron chi connectivity index (χ2n) is 6.54. The van der Waals surface area contributed by atoms with Gasteiger partial charge < -0.3 is 10.6 Å². The van der Waals surface area contributed by atoms with Gasteiger partial charge in [-0.3, -0.25) is 4.79 Å². The second kappa shape index (κ2) is 7.01. The predicted molar refractivity (Wildman–Crippen MR) is 91.0 cm³/mol. The summed E-state index contributed by atoms with van der Waals surface area (Å²) in [4.78, 5) is 14.8. The molecule has 1 aromatic rings. The largest absolute Gasteiger partial charge is 0.334 e. The molecule has 0 aromatic heterocycles. The highest BCUT2D eigenvalue weighted by Crippen LogP contribution is 2.25. The molecule has 1 saturated heterocycles. The molecule has 1 amide bonds. The number of hydrogen-bond acceptors (Lipinski definition) is 4. The molecule has 1 heterocycles. The summed E-state index contributed by atoms with van der Waals surface area (Å²) >= 11 is 0. The van der Waals surface area contributed by atoms with Crippen LogP contribution < -0.4 is 5.73 Å². The topological polar surface area (TPSA) is 80.5 Å². The maximum absolute atomic E-state index is 12.7. The lowest BCUT2D eigenvalue weighted by Gasteiger charge is -2.39. The molecule has 1 aromatic carbocycles. The van der Waals surface area contributed by atoms with E-state index in [1.54, 1.807) is 26.0 Å². The summed E-state index contributed by atoms with van der Waals surface area (Å²) in [6.45, 7) is 6.57. The fourth-order valence-electron chi connectivity index (χ4n) is 3.09. The van der Waals surface area contributed by atoms with E-state index in [1.807, 2.05) is 4.90 Å².